The molecule has 0 aromatic heterocycles. The second-order valence-corrected chi connectivity index (χ2v) is 6.63. The quantitative estimate of drug-likeness (QED) is 0.800. The van der Waals surface area contributed by atoms with Gasteiger partial charge in [-0.3, -0.25) is 4.79 Å². The van der Waals surface area contributed by atoms with Crippen molar-refractivity contribution in [1.29, 1.82) is 0 Å². The van der Waals surface area contributed by atoms with Crippen LogP contribution in [0.4, 0.5) is 5.69 Å². The third-order valence-electron chi connectivity index (χ3n) is 4.20. The lowest BCUT2D eigenvalue weighted by molar-refractivity contribution is -0.119. The van der Waals surface area contributed by atoms with Crippen molar-refractivity contribution in [2.45, 2.75) is 51.3 Å². The second kappa shape index (κ2) is 5.16. The maximum absolute atomic E-state index is 11.9. The van der Waals surface area contributed by atoms with Crippen LogP contribution in [0.1, 0.15) is 57.0 Å². The van der Waals surface area contributed by atoms with Gasteiger partial charge in [0.2, 0.25) is 5.91 Å². The summed E-state index contributed by atoms with van der Waals surface area (Å²) in [6.45, 7) is 8.31. The highest BCUT2D eigenvalue weighted by Crippen LogP contribution is 2.40. The molecule has 104 valence electrons. The highest BCUT2D eigenvalue weighted by Gasteiger charge is 2.38. The van der Waals surface area contributed by atoms with Gasteiger partial charge in [0.25, 0.3) is 0 Å². The van der Waals surface area contributed by atoms with E-state index in [0.717, 1.165) is 29.7 Å². The molecule has 1 aromatic rings. The van der Waals surface area contributed by atoms with Crippen molar-refractivity contribution in [3.8, 4) is 0 Å². The first kappa shape index (κ1) is 14.4. The number of nitrogens with one attached hydrogen (secondary N) is 1. The maximum Gasteiger partial charge on any atom is 0.234 e. The van der Waals surface area contributed by atoms with Gasteiger partial charge < -0.3 is 5.32 Å². The minimum Gasteiger partial charge on any atom is -0.325 e. The Bertz CT molecular complexity index is 496. The van der Waals surface area contributed by atoms with E-state index in [1.807, 2.05) is 26.0 Å². The molecular weight excluding hydrogens is 258 g/mol. The monoisotopic (exact) mass is 279 g/mol. The summed E-state index contributed by atoms with van der Waals surface area (Å²) < 4.78 is 0. The number of hydrogen-bond acceptors (Lipinski definition) is 1. The zero-order valence-corrected chi connectivity index (χ0v) is 12.8. The van der Waals surface area contributed by atoms with Crippen LogP contribution in [-0.2, 0) is 10.2 Å². The molecule has 1 aliphatic rings. The Labute approximate surface area is 120 Å². The van der Waals surface area contributed by atoms with Crippen molar-refractivity contribution < 1.29 is 4.79 Å². The van der Waals surface area contributed by atoms with E-state index in [1.54, 1.807) is 0 Å². The van der Waals surface area contributed by atoms with Crippen LogP contribution in [0.5, 0.6) is 0 Å². The van der Waals surface area contributed by atoms with E-state index in [4.69, 9.17) is 11.6 Å². The van der Waals surface area contributed by atoms with Crippen molar-refractivity contribution in [3.05, 3.63) is 29.3 Å². The van der Waals surface area contributed by atoms with Gasteiger partial charge in [-0.05, 0) is 43.4 Å². The lowest BCUT2D eigenvalue weighted by atomic mass is 9.84. The summed E-state index contributed by atoms with van der Waals surface area (Å²) in [5, 5.41) is 2.94. The average Bonchev–Trinajstić information content (AvgIpc) is 2.60. The number of rotatable bonds is 4. The van der Waals surface area contributed by atoms with E-state index in [-0.39, 0.29) is 11.3 Å². The Morgan fingerprint density at radius 2 is 2.05 bits per heavy atom. The number of amides is 1. The minimum atomic E-state index is -0.460. The summed E-state index contributed by atoms with van der Waals surface area (Å²) in [4.78, 5) is 11.9. The molecular formula is C16H22ClNO. The van der Waals surface area contributed by atoms with Gasteiger partial charge in [0, 0.05) is 5.69 Å². The largest absolute Gasteiger partial charge is 0.325 e. The molecule has 2 nitrogen and oxygen atoms in total. The number of carbonyl (C=O) groups excluding carboxylic acids is 1. The molecule has 1 aromatic carbocycles. The molecule has 2 rings (SSSR count). The van der Waals surface area contributed by atoms with Crippen molar-refractivity contribution in [2.24, 2.45) is 5.92 Å². The van der Waals surface area contributed by atoms with Crippen LogP contribution in [0.3, 0.4) is 0 Å². The Kier molecular flexibility index (Phi) is 3.91. The van der Waals surface area contributed by atoms with Crippen molar-refractivity contribution in [1.82, 2.24) is 0 Å². The molecule has 0 saturated heterocycles. The van der Waals surface area contributed by atoms with Crippen LogP contribution < -0.4 is 5.32 Å². The van der Waals surface area contributed by atoms with Gasteiger partial charge in [0.1, 0.15) is 0 Å². The van der Waals surface area contributed by atoms with E-state index in [2.05, 4.69) is 25.2 Å². The Balaban J connectivity index is 2.27. The number of benzene rings is 1. The van der Waals surface area contributed by atoms with Crippen molar-refractivity contribution in [2.75, 3.05) is 5.32 Å². The molecule has 0 aliphatic carbocycles. The van der Waals surface area contributed by atoms with Gasteiger partial charge >= 0.3 is 0 Å². The van der Waals surface area contributed by atoms with Gasteiger partial charge in [-0.1, -0.05) is 32.4 Å². The highest BCUT2D eigenvalue weighted by atomic mass is 35.5. The summed E-state index contributed by atoms with van der Waals surface area (Å²) in [6, 6.07) is 6.09. The van der Waals surface area contributed by atoms with E-state index in [9.17, 15) is 4.79 Å². The lowest BCUT2D eigenvalue weighted by Crippen LogP contribution is -2.26. The van der Waals surface area contributed by atoms with Crippen molar-refractivity contribution >= 4 is 23.2 Å². The number of carbonyl (C=O) groups is 1. The van der Waals surface area contributed by atoms with Gasteiger partial charge in [-0.25, -0.2) is 0 Å². The number of halogens is 1. The SMILES string of the molecule is CCC(C)CC(Cl)c1ccc2c(c1)C(C)(C)C(=O)N2. The number of anilines is 1. The molecule has 1 amide bonds. The summed E-state index contributed by atoms with van der Waals surface area (Å²) in [6.07, 6.45) is 2.11. The molecule has 0 radical (unpaired) electrons. The first-order chi connectivity index (χ1) is 8.86. The molecule has 0 saturated carbocycles. The zero-order valence-electron chi connectivity index (χ0n) is 12.1. The molecule has 1 aliphatic heterocycles. The molecule has 0 fully saturated rings. The predicted molar refractivity (Wildman–Crippen MR) is 80.8 cm³/mol. The normalized spacial score (nSPS) is 19.7. The fourth-order valence-electron chi connectivity index (χ4n) is 2.44. The van der Waals surface area contributed by atoms with Crippen LogP contribution in [-0.4, -0.2) is 5.91 Å². The smallest absolute Gasteiger partial charge is 0.234 e. The average molecular weight is 280 g/mol. The van der Waals surface area contributed by atoms with Gasteiger partial charge in [0.15, 0.2) is 0 Å². The number of fused-ring (bicyclic) bond motifs is 1. The number of hydrogen-bond donors (Lipinski definition) is 1. The first-order valence-electron chi connectivity index (χ1n) is 6.96. The van der Waals surface area contributed by atoms with Crippen LogP contribution in [0.25, 0.3) is 0 Å². The second-order valence-electron chi connectivity index (χ2n) is 6.10. The molecule has 1 N–H and O–H groups in total. The first-order valence-corrected chi connectivity index (χ1v) is 7.39. The number of alkyl halides is 1. The summed E-state index contributed by atoms with van der Waals surface area (Å²) in [5.41, 5.74) is 2.64. The fourth-order valence-corrected chi connectivity index (χ4v) is 2.88. The molecule has 2 atom stereocenters. The molecule has 1 heterocycles. The van der Waals surface area contributed by atoms with E-state index < -0.39 is 5.41 Å². The van der Waals surface area contributed by atoms with Crippen molar-refractivity contribution in [3.63, 3.8) is 0 Å². The Morgan fingerprint density at radius 3 is 2.68 bits per heavy atom. The topological polar surface area (TPSA) is 29.1 Å². The van der Waals surface area contributed by atoms with Crippen LogP contribution in [0.2, 0.25) is 0 Å². The lowest BCUT2D eigenvalue weighted by Gasteiger charge is -2.18. The molecule has 19 heavy (non-hydrogen) atoms. The van der Waals surface area contributed by atoms with Crippen LogP contribution in [0, 0.1) is 5.92 Å². The van der Waals surface area contributed by atoms with Crippen LogP contribution >= 0.6 is 11.6 Å². The van der Waals surface area contributed by atoms with E-state index in [0.29, 0.717) is 5.92 Å². The fraction of sp³-hybridized carbons (Fsp3) is 0.562. The molecule has 0 bridgehead atoms. The third-order valence-corrected chi connectivity index (χ3v) is 4.63. The maximum atomic E-state index is 11.9. The molecule has 0 spiro atoms. The van der Waals surface area contributed by atoms with Crippen LogP contribution in [0.15, 0.2) is 18.2 Å². The van der Waals surface area contributed by atoms with Gasteiger partial charge in [-0.15, -0.1) is 11.6 Å². The van der Waals surface area contributed by atoms with E-state index >= 15 is 0 Å². The Hall–Kier alpha value is -1.02. The zero-order chi connectivity index (χ0) is 14.2. The molecule has 2 unspecified atom stereocenters. The van der Waals surface area contributed by atoms with Gasteiger partial charge in [0.05, 0.1) is 10.8 Å². The standard InChI is InChI=1S/C16H22ClNO/c1-5-10(2)8-13(17)11-6-7-14-12(9-11)16(3,4)15(19)18-14/h6-7,9-10,13H,5,8H2,1-4H3,(H,18,19). The summed E-state index contributed by atoms with van der Waals surface area (Å²) in [5.74, 6) is 0.677. The summed E-state index contributed by atoms with van der Waals surface area (Å²) in [7, 11) is 0. The molecule has 3 heteroatoms. The third kappa shape index (κ3) is 2.64. The van der Waals surface area contributed by atoms with Gasteiger partial charge in [-0.2, -0.15) is 0 Å². The summed E-state index contributed by atoms with van der Waals surface area (Å²) >= 11 is 6.51. The Morgan fingerprint density at radius 1 is 1.37 bits per heavy atom. The minimum absolute atomic E-state index is 0.0201. The predicted octanol–water partition coefficient (Wildman–Crippen LogP) is 4.63. The highest BCUT2D eigenvalue weighted by molar-refractivity contribution is 6.20. The van der Waals surface area contributed by atoms with E-state index in [1.165, 1.54) is 0 Å².